The van der Waals surface area contributed by atoms with E-state index in [9.17, 15) is 13.2 Å². The summed E-state index contributed by atoms with van der Waals surface area (Å²) in [6, 6.07) is 16.7. The van der Waals surface area contributed by atoms with Gasteiger partial charge in [0.2, 0.25) is 0 Å². The number of hydrogen-bond acceptors (Lipinski definition) is 8. The maximum atomic E-state index is 13.5. The van der Waals surface area contributed by atoms with Crippen LogP contribution in [0.3, 0.4) is 0 Å². The van der Waals surface area contributed by atoms with Crippen molar-refractivity contribution in [2.45, 2.75) is 17.1 Å². The Morgan fingerprint density at radius 3 is 2.03 bits per heavy atom. The second-order valence-electron chi connectivity index (χ2n) is 8.79. The number of nitrogens with zero attached hydrogens (tertiary/aromatic N) is 3. The average Bonchev–Trinajstić information content (AvgIpc) is 2.92. The van der Waals surface area contributed by atoms with Crippen LogP contribution in [0, 0.1) is 0 Å². The molecule has 4 aromatic rings. The monoisotopic (exact) mass is 535 g/mol. The number of amides is 1. The van der Waals surface area contributed by atoms with E-state index in [-0.39, 0.29) is 23.0 Å². The smallest absolute Gasteiger partial charge is 0.253 e. The molecule has 4 rings (SSSR count). The molecule has 0 N–H and O–H groups in total. The summed E-state index contributed by atoms with van der Waals surface area (Å²) in [6.45, 7) is 0. The van der Waals surface area contributed by atoms with Crippen LogP contribution in [-0.4, -0.2) is 64.6 Å². The van der Waals surface area contributed by atoms with Crippen LogP contribution in [0.2, 0.25) is 0 Å². The Hall–Kier alpha value is -4.18. The van der Waals surface area contributed by atoms with E-state index in [0.29, 0.717) is 50.8 Å². The number of ether oxygens (including phenoxy) is 3. The highest BCUT2D eigenvalue weighted by Gasteiger charge is 2.23. The summed E-state index contributed by atoms with van der Waals surface area (Å²) in [5, 5.41) is 0. The molecule has 198 valence electrons. The van der Waals surface area contributed by atoms with E-state index in [2.05, 4.69) is 4.98 Å². The molecule has 0 aliphatic rings. The lowest BCUT2D eigenvalue weighted by atomic mass is 10.1. The number of sulfone groups is 1. The van der Waals surface area contributed by atoms with Crippen molar-refractivity contribution in [3.63, 3.8) is 0 Å². The van der Waals surface area contributed by atoms with Crippen molar-refractivity contribution in [3.8, 4) is 17.2 Å². The van der Waals surface area contributed by atoms with Gasteiger partial charge in [0.25, 0.3) is 5.91 Å². The lowest BCUT2D eigenvalue weighted by Crippen LogP contribution is -2.21. The molecule has 0 aliphatic carbocycles. The second-order valence-corrected chi connectivity index (χ2v) is 10.8. The van der Waals surface area contributed by atoms with Crippen molar-refractivity contribution in [2.75, 3.05) is 35.4 Å². The van der Waals surface area contributed by atoms with E-state index in [1.165, 1.54) is 43.4 Å². The van der Waals surface area contributed by atoms with E-state index >= 15 is 0 Å². The van der Waals surface area contributed by atoms with Gasteiger partial charge in [-0.3, -0.25) is 4.79 Å². The molecule has 38 heavy (non-hydrogen) atoms. The minimum absolute atomic E-state index is 0.0920. The Labute approximate surface area is 221 Å². The Morgan fingerprint density at radius 2 is 1.47 bits per heavy atom. The number of carbonyl (C=O) groups is 1. The SMILES string of the molecule is COc1cc(Cc2nc3ccccc3nc2CS(=O)(=O)c2ccc(C(=O)N(C)C)cc2)c(OC)c(OC)c1. The van der Waals surface area contributed by atoms with Gasteiger partial charge in [-0.25, -0.2) is 18.4 Å². The number of para-hydroxylation sites is 2. The fourth-order valence-electron chi connectivity index (χ4n) is 4.10. The minimum Gasteiger partial charge on any atom is -0.497 e. The lowest BCUT2D eigenvalue weighted by molar-refractivity contribution is 0.0827. The quantitative estimate of drug-likeness (QED) is 0.317. The molecule has 1 aromatic heterocycles. The van der Waals surface area contributed by atoms with Gasteiger partial charge >= 0.3 is 0 Å². The Bertz CT molecular complexity index is 1580. The first-order chi connectivity index (χ1) is 18.2. The van der Waals surface area contributed by atoms with Gasteiger partial charge in [-0.1, -0.05) is 12.1 Å². The predicted octanol–water partition coefficient (Wildman–Crippen LogP) is 3.92. The molecule has 1 heterocycles. The number of aromatic nitrogens is 2. The van der Waals surface area contributed by atoms with Crippen LogP contribution < -0.4 is 14.2 Å². The zero-order valence-electron chi connectivity index (χ0n) is 21.9. The van der Waals surface area contributed by atoms with Gasteiger partial charge in [-0.15, -0.1) is 0 Å². The minimum atomic E-state index is -3.81. The highest BCUT2D eigenvalue weighted by atomic mass is 32.2. The average molecular weight is 536 g/mol. The van der Waals surface area contributed by atoms with Crippen LogP contribution in [0.25, 0.3) is 11.0 Å². The van der Waals surface area contributed by atoms with Crippen LogP contribution in [-0.2, 0) is 22.0 Å². The molecular weight excluding hydrogens is 506 g/mol. The zero-order valence-corrected chi connectivity index (χ0v) is 22.7. The van der Waals surface area contributed by atoms with Crippen molar-refractivity contribution in [2.24, 2.45) is 0 Å². The van der Waals surface area contributed by atoms with E-state index < -0.39 is 9.84 Å². The predicted molar refractivity (Wildman–Crippen MR) is 144 cm³/mol. The van der Waals surface area contributed by atoms with E-state index in [1.807, 2.05) is 18.2 Å². The number of methoxy groups -OCH3 is 3. The molecule has 0 fully saturated rings. The van der Waals surface area contributed by atoms with Crippen LogP contribution >= 0.6 is 0 Å². The molecule has 3 aromatic carbocycles. The summed E-state index contributed by atoms with van der Waals surface area (Å²) in [5.74, 6) is 0.965. The molecule has 0 unspecified atom stereocenters. The Kier molecular flexibility index (Phi) is 7.82. The van der Waals surface area contributed by atoms with Gasteiger partial charge in [-0.2, -0.15) is 0 Å². The Balaban J connectivity index is 1.77. The lowest BCUT2D eigenvalue weighted by Gasteiger charge is -2.16. The third-order valence-corrected chi connectivity index (χ3v) is 7.69. The van der Waals surface area contributed by atoms with Gasteiger partial charge < -0.3 is 19.1 Å². The van der Waals surface area contributed by atoms with Crippen LogP contribution in [0.4, 0.5) is 0 Å². The molecular formula is C28H29N3O6S. The molecule has 1 amide bonds. The fraction of sp³-hybridized carbons (Fsp3) is 0.250. The third kappa shape index (κ3) is 5.55. The summed E-state index contributed by atoms with van der Waals surface area (Å²) >= 11 is 0. The summed E-state index contributed by atoms with van der Waals surface area (Å²) in [7, 11) is 4.09. The fourth-order valence-corrected chi connectivity index (χ4v) is 5.41. The summed E-state index contributed by atoms with van der Waals surface area (Å²) in [4.78, 5) is 23.2. The van der Waals surface area contributed by atoms with Gasteiger partial charge in [0.1, 0.15) is 5.75 Å². The number of rotatable bonds is 9. The topological polar surface area (TPSA) is 108 Å². The Morgan fingerprint density at radius 1 is 0.842 bits per heavy atom. The van der Waals surface area contributed by atoms with Crippen LogP contribution in [0.5, 0.6) is 17.2 Å². The second kappa shape index (κ2) is 11.1. The first kappa shape index (κ1) is 26.9. The molecule has 0 saturated heterocycles. The standard InChI is InChI=1S/C28H29N3O6S/c1-31(2)28(32)18-10-12-21(13-11-18)38(33,34)17-25-24(29-22-8-6-7-9-23(22)30-25)15-19-14-20(35-3)16-26(36-4)27(19)37-5/h6-14,16H,15,17H2,1-5H3. The molecule has 0 spiro atoms. The van der Waals surface area contributed by atoms with Gasteiger partial charge in [0.15, 0.2) is 21.3 Å². The zero-order chi connectivity index (χ0) is 27.4. The van der Waals surface area contributed by atoms with E-state index in [0.717, 1.165) is 0 Å². The summed E-state index contributed by atoms with van der Waals surface area (Å²) in [5.41, 5.74) is 3.14. The molecule has 9 nitrogen and oxygen atoms in total. The molecule has 0 bridgehead atoms. The van der Waals surface area contributed by atoms with Crippen molar-refractivity contribution >= 4 is 26.8 Å². The van der Waals surface area contributed by atoms with Gasteiger partial charge in [0, 0.05) is 37.7 Å². The van der Waals surface area contributed by atoms with Crippen LogP contribution in [0.15, 0.2) is 65.6 Å². The third-order valence-electron chi connectivity index (χ3n) is 6.04. The number of hydrogen-bond donors (Lipinski definition) is 0. The molecule has 10 heteroatoms. The number of fused-ring (bicyclic) bond motifs is 1. The normalized spacial score (nSPS) is 11.3. The van der Waals surface area contributed by atoms with Gasteiger partial charge in [-0.05, 0) is 42.5 Å². The van der Waals surface area contributed by atoms with Crippen molar-refractivity contribution in [1.29, 1.82) is 0 Å². The van der Waals surface area contributed by atoms with Crippen molar-refractivity contribution < 1.29 is 27.4 Å². The molecule has 0 aliphatic heterocycles. The summed E-state index contributed by atoms with van der Waals surface area (Å²) in [6.07, 6.45) is 0.232. The molecule has 0 atom stereocenters. The van der Waals surface area contributed by atoms with Crippen molar-refractivity contribution in [1.82, 2.24) is 14.9 Å². The largest absolute Gasteiger partial charge is 0.497 e. The molecule has 0 saturated carbocycles. The maximum absolute atomic E-state index is 13.5. The first-order valence-corrected chi connectivity index (χ1v) is 13.4. The number of carbonyl (C=O) groups excluding carboxylic acids is 1. The first-order valence-electron chi connectivity index (χ1n) is 11.7. The summed E-state index contributed by atoms with van der Waals surface area (Å²) < 4.78 is 43.4. The van der Waals surface area contributed by atoms with E-state index in [4.69, 9.17) is 19.2 Å². The van der Waals surface area contributed by atoms with Gasteiger partial charge in [0.05, 0.1) is 54.4 Å². The highest BCUT2D eigenvalue weighted by molar-refractivity contribution is 7.90. The maximum Gasteiger partial charge on any atom is 0.253 e. The van der Waals surface area contributed by atoms with E-state index in [1.54, 1.807) is 39.4 Å². The van der Waals surface area contributed by atoms with Crippen molar-refractivity contribution in [3.05, 3.63) is 83.2 Å². The van der Waals surface area contributed by atoms with Crippen LogP contribution in [0.1, 0.15) is 27.3 Å². The number of benzene rings is 3. The highest BCUT2D eigenvalue weighted by Crippen LogP contribution is 2.37. The molecule has 0 radical (unpaired) electrons.